The maximum absolute atomic E-state index is 15.2. The fourth-order valence-corrected chi connectivity index (χ4v) is 4.83. The Morgan fingerprint density at radius 1 is 1.00 bits per heavy atom. The van der Waals surface area contributed by atoms with Gasteiger partial charge >= 0.3 is 23.9 Å². The van der Waals surface area contributed by atoms with Gasteiger partial charge < -0.3 is 40.9 Å². The number of aromatic nitrogens is 4. The summed E-state index contributed by atoms with van der Waals surface area (Å²) in [6, 6.07) is 6.33. The summed E-state index contributed by atoms with van der Waals surface area (Å²) in [5.41, 5.74) is 17.7. The molecule has 3 aromatic rings. The van der Waals surface area contributed by atoms with E-state index in [2.05, 4.69) is 15.0 Å². The Balaban J connectivity index is 1.54. The second-order valence-corrected chi connectivity index (χ2v) is 12.5. The van der Waals surface area contributed by atoms with E-state index in [9.17, 15) is 24.0 Å². The number of ether oxygens (including phenoxy) is 5. The number of anilines is 1. The van der Waals surface area contributed by atoms with Gasteiger partial charge in [0.15, 0.2) is 17.3 Å². The van der Waals surface area contributed by atoms with E-state index in [1.807, 2.05) is 0 Å². The van der Waals surface area contributed by atoms with Crippen LogP contribution in [0, 0.1) is 11.8 Å². The molecule has 1 aromatic carbocycles. The fourth-order valence-electron chi connectivity index (χ4n) is 4.83. The molecule has 17 nitrogen and oxygen atoms in total. The maximum atomic E-state index is 15.2. The summed E-state index contributed by atoms with van der Waals surface area (Å²) in [6.07, 6.45) is -7.55. The molecule has 4 rings (SSSR count). The minimum atomic E-state index is -2.04. The van der Waals surface area contributed by atoms with Gasteiger partial charge in [-0.25, -0.2) is 14.2 Å². The Morgan fingerprint density at radius 3 is 2.28 bits per heavy atom. The van der Waals surface area contributed by atoms with Gasteiger partial charge in [0.1, 0.15) is 43.8 Å². The normalized spacial score (nSPS) is 19.9. The van der Waals surface area contributed by atoms with Gasteiger partial charge in [-0.3, -0.25) is 28.7 Å². The second kappa shape index (κ2) is 16.6. The molecule has 50 heavy (non-hydrogen) atoms. The molecule has 3 heterocycles. The number of alkyl halides is 1. The molecule has 1 aliphatic rings. The average molecular weight is 704 g/mol. The van der Waals surface area contributed by atoms with Crippen molar-refractivity contribution in [2.75, 3.05) is 12.3 Å². The zero-order valence-corrected chi connectivity index (χ0v) is 28.0. The number of nitrogens with two attached hydrogens (primary N) is 3. The molecule has 0 saturated carbocycles. The van der Waals surface area contributed by atoms with Crippen molar-refractivity contribution >= 4 is 41.0 Å². The van der Waals surface area contributed by atoms with Crippen molar-refractivity contribution in [3.8, 4) is 0 Å². The molecule has 3 unspecified atom stereocenters. The third-order valence-corrected chi connectivity index (χ3v) is 7.98. The number of esters is 4. The lowest BCUT2D eigenvalue weighted by atomic mass is 10.0. The highest BCUT2D eigenvalue weighted by Gasteiger charge is 2.43. The number of nitrogens with one attached hydrogen (secondary N) is 1. The predicted molar refractivity (Wildman–Crippen MR) is 173 cm³/mol. The molecule has 1 saturated heterocycles. The number of fused-ring (bicyclic) bond motifs is 1. The molecule has 272 valence electrons. The van der Waals surface area contributed by atoms with E-state index in [0.29, 0.717) is 5.56 Å². The van der Waals surface area contributed by atoms with Gasteiger partial charge in [0.05, 0.1) is 12.7 Å². The standard InChI is InChI=1S/C32H42FN7O10/c1-15(2)23(34)29(43)49-19(11-22(41)46-12-17-8-6-5-7-9-17)26(50-30(44)24(35)16(3)4)31(45)47-13-20-18(33)10-21(48-20)40-14-37-25-27(40)38-32(36)39-28(25)42/h5-9,14-16,18-21,23-24,26H,10-13,34-35H2,1-4H3,(H3,36,38,39,42)/t18?,19?,20-,21-,23+,24+,26?/m1/s1. The number of nitrogens with zero attached hydrogens (tertiary/aromatic N) is 3. The number of rotatable bonds is 15. The molecular weight excluding hydrogens is 661 g/mol. The number of H-pyrrole nitrogens is 1. The van der Waals surface area contributed by atoms with Crippen molar-refractivity contribution < 1.29 is 47.3 Å². The van der Waals surface area contributed by atoms with E-state index in [4.69, 9.17) is 40.9 Å². The van der Waals surface area contributed by atoms with E-state index in [1.54, 1.807) is 58.0 Å². The number of hydrogen-bond acceptors (Lipinski definition) is 15. The first-order valence-corrected chi connectivity index (χ1v) is 16.0. The number of nitrogen functional groups attached to an aromatic ring is 1. The molecular formula is C32H42FN7O10. The van der Waals surface area contributed by atoms with Crippen molar-refractivity contribution in [1.29, 1.82) is 0 Å². The number of benzene rings is 1. The van der Waals surface area contributed by atoms with E-state index in [-0.39, 0.29) is 30.1 Å². The third-order valence-electron chi connectivity index (χ3n) is 7.98. The highest BCUT2D eigenvalue weighted by atomic mass is 19.1. The first-order valence-electron chi connectivity index (χ1n) is 16.0. The smallest absolute Gasteiger partial charge is 0.351 e. The van der Waals surface area contributed by atoms with Crippen LogP contribution in [0.5, 0.6) is 0 Å². The van der Waals surface area contributed by atoms with Gasteiger partial charge in [0.25, 0.3) is 5.56 Å². The van der Waals surface area contributed by atoms with Crippen LogP contribution < -0.4 is 22.8 Å². The summed E-state index contributed by atoms with van der Waals surface area (Å²) in [4.78, 5) is 75.1. The van der Waals surface area contributed by atoms with Crippen LogP contribution in [-0.4, -0.2) is 86.6 Å². The minimum Gasteiger partial charge on any atom is -0.461 e. The number of hydrogen-bond donors (Lipinski definition) is 4. The van der Waals surface area contributed by atoms with Crippen molar-refractivity contribution in [3.05, 3.63) is 52.6 Å². The van der Waals surface area contributed by atoms with Gasteiger partial charge in [-0.15, -0.1) is 0 Å². The monoisotopic (exact) mass is 703 g/mol. The van der Waals surface area contributed by atoms with E-state index in [0.717, 1.165) is 0 Å². The van der Waals surface area contributed by atoms with Crippen LogP contribution in [0.3, 0.4) is 0 Å². The van der Waals surface area contributed by atoms with E-state index >= 15 is 4.39 Å². The highest BCUT2D eigenvalue weighted by Crippen LogP contribution is 2.33. The van der Waals surface area contributed by atoms with Crippen molar-refractivity contribution in [2.24, 2.45) is 23.3 Å². The first-order chi connectivity index (χ1) is 23.7. The van der Waals surface area contributed by atoms with E-state index < -0.39 is 97.1 Å². The molecule has 7 N–H and O–H groups in total. The Kier molecular flexibility index (Phi) is 12.6. The van der Waals surface area contributed by atoms with Crippen LogP contribution in [-0.2, 0) is 49.5 Å². The number of aromatic amines is 1. The summed E-state index contributed by atoms with van der Waals surface area (Å²) in [6.45, 7) is 5.75. The molecule has 0 amide bonds. The van der Waals surface area contributed by atoms with Gasteiger partial charge in [0, 0.05) is 6.42 Å². The van der Waals surface area contributed by atoms with Crippen molar-refractivity contribution in [1.82, 2.24) is 19.5 Å². The van der Waals surface area contributed by atoms with Gasteiger partial charge in [-0.2, -0.15) is 4.98 Å². The molecule has 1 aliphatic heterocycles. The SMILES string of the molecule is CC(C)[C@H](N)C(=O)OC(CC(=O)OCc1ccccc1)C(OC(=O)[C@@H](N)C(C)C)C(=O)OC[C@H]1O[C@@H](n2cnc3c(=O)[nH]c(N)nc32)CC1F. The molecule has 0 spiro atoms. The maximum Gasteiger partial charge on any atom is 0.351 e. The Labute approximate surface area is 285 Å². The number of carbonyl (C=O) groups is 4. The second-order valence-electron chi connectivity index (χ2n) is 12.5. The van der Waals surface area contributed by atoms with Crippen LogP contribution >= 0.6 is 0 Å². The first kappa shape index (κ1) is 37.9. The van der Waals surface area contributed by atoms with Crippen LogP contribution in [0.15, 0.2) is 41.5 Å². The quantitative estimate of drug-likeness (QED) is 0.126. The zero-order valence-electron chi connectivity index (χ0n) is 28.0. The van der Waals surface area contributed by atoms with E-state index in [1.165, 1.54) is 10.9 Å². The highest BCUT2D eigenvalue weighted by molar-refractivity contribution is 5.84. The molecule has 2 aromatic heterocycles. The Bertz CT molecular complexity index is 1720. The lowest BCUT2D eigenvalue weighted by Crippen LogP contribution is -2.49. The van der Waals surface area contributed by atoms with Gasteiger partial charge in [-0.05, 0) is 17.4 Å². The summed E-state index contributed by atoms with van der Waals surface area (Å²) in [5.74, 6) is -5.25. The van der Waals surface area contributed by atoms with Crippen molar-refractivity contribution in [2.45, 2.75) is 89.9 Å². The van der Waals surface area contributed by atoms with Gasteiger partial charge in [-0.1, -0.05) is 58.0 Å². The molecule has 1 fully saturated rings. The fraction of sp³-hybridized carbons (Fsp3) is 0.531. The summed E-state index contributed by atoms with van der Waals surface area (Å²) >= 11 is 0. The number of imidazole rings is 1. The van der Waals surface area contributed by atoms with Crippen LogP contribution in [0.4, 0.5) is 10.3 Å². The number of halogens is 1. The molecule has 0 aliphatic carbocycles. The summed E-state index contributed by atoms with van der Waals surface area (Å²) in [5, 5.41) is 0. The minimum absolute atomic E-state index is 0.0441. The molecule has 0 radical (unpaired) electrons. The molecule has 18 heteroatoms. The lowest BCUT2D eigenvalue weighted by Gasteiger charge is -2.28. The Morgan fingerprint density at radius 2 is 1.64 bits per heavy atom. The van der Waals surface area contributed by atoms with Crippen LogP contribution in [0.1, 0.15) is 52.3 Å². The van der Waals surface area contributed by atoms with Crippen molar-refractivity contribution in [3.63, 3.8) is 0 Å². The zero-order chi connectivity index (χ0) is 36.7. The largest absolute Gasteiger partial charge is 0.461 e. The van der Waals surface area contributed by atoms with Gasteiger partial charge in [0.2, 0.25) is 12.1 Å². The van der Waals surface area contributed by atoms with Crippen LogP contribution in [0.2, 0.25) is 0 Å². The number of carbonyl (C=O) groups excluding carboxylic acids is 4. The Hall–Kier alpha value is -4.94. The average Bonchev–Trinajstić information content (AvgIpc) is 3.67. The topological polar surface area (TPSA) is 256 Å². The lowest BCUT2D eigenvalue weighted by molar-refractivity contribution is -0.188. The molecule has 7 atom stereocenters. The van der Waals surface area contributed by atoms with Crippen LogP contribution in [0.25, 0.3) is 11.2 Å². The summed E-state index contributed by atoms with van der Waals surface area (Å²) < 4.78 is 43.9. The third kappa shape index (κ3) is 9.39. The summed E-state index contributed by atoms with van der Waals surface area (Å²) in [7, 11) is 0. The predicted octanol–water partition coefficient (Wildman–Crippen LogP) is 0.794. The molecule has 0 bridgehead atoms.